The van der Waals surface area contributed by atoms with E-state index in [0.717, 1.165) is 52.4 Å². The molecule has 192 valence electrons. The van der Waals surface area contributed by atoms with Gasteiger partial charge in [0.15, 0.2) is 17.4 Å². The van der Waals surface area contributed by atoms with Gasteiger partial charge in [0.2, 0.25) is 0 Å². The first kappa shape index (κ1) is 25.7. The molecule has 9 heteroatoms. The van der Waals surface area contributed by atoms with Crippen LogP contribution < -0.4 is 0 Å². The third kappa shape index (κ3) is 7.56. The minimum absolute atomic E-state index is 0.108. The Morgan fingerprint density at radius 2 is 0.939 bits per heavy atom. The summed E-state index contributed by atoms with van der Waals surface area (Å²) >= 11 is 0. The number of rotatable bonds is 5. The zero-order valence-electron chi connectivity index (χ0n) is 21.5. The van der Waals surface area contributed by atoms with Gasteiger partial charge in [0.05, 0.1) is 44.7 Å². The van der Waals surface area contributed by atoms with E-state index < -0.39 is 17.4 Å². The van der Waals surface area contributed by atoms with E-state index in [9.17, 15) is 0 Å². The first-order valence-electron chi connectivity index (χ1n) is 12.6. The van der Waals surface area contributed by atoms with Crippen LogP contribution in [-0.2, 0) is 28.4 Å². The monoisotopic (exact) mass is 471 g/mol. The Hall–Kier alpha value is -0.360. The summed E-state index contributed by atoms with van der Waals surface area (Å²) in [6, 6.07) is 0.273. The van der Waals surface area contributed by atoms with E-state index in [4.69, 9.17) is 28.4 Å². The summed E-state index contributed by atoms with van der Waals surface area (Å²) in [7, 11) is 0. The van der Waals surface area contributed by atoms with Crippen molar-refractivity contribution in [3.63, 3.8) is 0 Å². The average molecular weight is 472 g/mol. The summed E-state index contributed by atoms with van der Waals surface area (Å²) in [6.07, 6.45) is 0.217. The fourth-order valence-electron chi connectivity index (χ4n) is 5.06. The molecule has 4 aliphatic heterocycles. The van der Waals surface area contributed by atoms with Gasteiger partial charge in [0, 0.05) is 52.4 Å². The van der Waals surface area contributed by atoms with Gasteiger partial charge in [-0.3, -0.25) is 14.7 Å². The lowest BCUT2D eigenvalue weighted by Gasteiger charge is -2.40. The van der Waals surface area contributed by atoms with E-state index in [1.54, 1.807) is 0 Å². The normalized spacial score (nSPS) is 34.7. The third-order valence-electron chi connectivity index (χ3n) is 6.96. The molecule has 9 nitrogen and oxygen atoms in total. The molecule has 0 amide bonds. The molecule has 0 aromatic rings. The van der Waals surface area contributed by atoms with Crippen molar-refractivity contribution in [2.45, 2.75) is 77.2 Å². The van der Waals surface area contributed by atoms with E-state index in [1.807, 2.05) is 41.5 Å². The Labute approximate surface area is 199 Å². The summed E-state index contributed by atoms with van der Waals surface area (Å²) in [5.41, 5.74) is 0. The summed E-state index contributed by atoms with van der Waals surface area (Å²) < 4.78 is 35.8. The number of nitrogens with zero attached hydrogens (tertiary/aromatic N) is 3. The molecule has 0 bridgehead atoms. The smallest absolute Gasteiger partial charge is 0.163 e. The molecule has 0 spiro atoms. The molecular weight excluding hydrogens is 426 g/mol. The number of ether oxygens (including phenoxy) is 6. The van der Waals surface area contributed by atoms with Crippen LogP contribution in [0.4, 0.5) is 0 Å². The second kappa shape index (κ2) is 10.3. The maximum absolute atomic E-state index is 6.11. The van der Waals surface area contributed by atoms with E-state index in [1.165, 1.54) is 0 Å². The van der Waals surface area contributed by atoms with Gasteiger partial charge in [-0.15, -0.1) is 0 Å². The summed E-state index contributed by atoms with van der Waals surface area (Å²) in [4.78, 5) is 7.57. The summed E-state index contributed by atoms with van der Waals surface area (Å²) in [5.74, 6) is -1.47. The average Bonchev–Trinajstić information content (AvgIpc) is 3.27. The molecule has 2 unspecified atom stereocenters. The zero-order valence-corrected chi connectivity index (χ0v) is 21.5. The van der Waals surface area contributed by atoms with Gasteiger partial charge in [0.1, 0.15) is 0 Å². The molecule has 4 rings (SSSR count). The van der Waals surface area contributed by atoms with Gasteiger partial charge in [-0.25, -0.2) is 0 Å². The molecular formula is C24H45N3O6. The maximum atomic E-state index is 6.11. The van der Waals surface area contributed by atoms with E-state index in [-0.39, 0.29) is 18.2 Å². The third-order valence-corrected chi connectivity index (χ3v) is 6.96. The van der Waals surface area contributed by atoms with Crippen molar-refractivity contribution in [2.75, 3.05) is 78.8 Å². The lowest BCUT2D eigenvalue weighted by Crippen LogP contribution is -2.53. The predicted octanol–water partition coefficient (Wildman–Crippen LogP) is 1.36. The van der Waals surface area contributed by atoms with Crippen molar-refractivity contribution in [2.24, 2.45) is 0 Å². The molecule has 4 aliphatic rings. The highest BCUT2D eigenvalue weighted by atomic mass is 16.7. The SMILES string of the molecule is CC1(C)OCC(N2CCN(CC3COC(C)(C)O3)CCN(CC3COC(C)(C)O3)CC2)CO1. The van der Waals surface area contributed by atoms with E-state index >= 15 is 0 Å². The standard InChI is InChI=1S/C24H45N3O6/c1-22(2)28-15-19(16-29-22)27-11-9-25(13-20-17-30-23(3,4)32-20)7-8-26(10-12-27)14-21-18-31-24(5,6)33-21/h19-21H,7-18H2,1-6H3. The molecule has 0 radical (unpaired) electrons. The van der Waals surface area contributed by atoms with Crippen LogP contribution in [0.2, 0.25) is 0 Å². The molecule has 0 N–H and O–H groups in total. The van der Waals surface area contributed by atoms with Crippen molar-refractivity contribution >= 4 is 0 Å². The number of hydrogen-bond acceptors (Lipinski definition) is 9. The molecule has 0 aliphatic carbocycles. The lowest BCUT2D eigenvalue weighted by atomic mass is 10.2. The zero-order chi connectivity index (χ0) is 23.7. The highest BCUT2D eigenvalue weighted by Gasteiger charge is 2.37. The quantitative estimate of drug-likeness (QED) is 0.591. The fourth-order valence-corrected chi connectivity index (χ4v) is 5.06. The number of hydrogen-bond donors (Lipinski definition) is 0. The van der Waals surface area contributed by atoms with Crippen molar-refractivity contribution in [1.82, 2.24) is 14.7 Å². The van der Waals surface area contributed by atoms with Crippen LogP contribution in [0.5, 0.6) is 0 Å². The van der Waals surface area contributed by atoms with E-state index in [0.29, 0.717) is 26.4 Å². The van der Waals surface area contributed by atoms with Crippen LogP contribution >= 0.6 is 0 Å². The molecule has 0 aromatic carbocycles. The minimum atomic E-state index is -0.493. The second-order valence-corrected chi connectivity index (χ2v) is 11.2. The van der Waals surface area contributed by atoms with Crippen LogP contribution in [-0.4, -0.2) is 129 Å². The van der Waals surface area contributed by atoms with E-state index in [2.05, 4.69) is 14.7 Å². The van der Waals surface area contributed by atoms with Gasteiger partial charge < -0.3 is 28.4 Å². The molecule has 4 fully saturated rings. The topological polar surface area (TPSA) is 65.1 Å². The Morgan fingerprint density at radius 1 is 0.545 bits per heavy atom. The van der Waals surface area contributed by atoms with Crippen LogP contribution in [0.15, 0.2) is 0 Å². The van der Waals surface area contributed by atoms with Crippen molar-refractivity contribution in [1.29, 1.82) is 0 Å². The van der Waals surface area contributed by atoms with Crippen LogP contribution in [0.25, 0.3) is 0 Å². The van der Waals surface area contributed by atoms with Crippen LogP contribution in [0.1, 0.15) is 41.5 Å². The Kier molecular flexibility index (Phi) is 8.05. The largest absolute Gasteiger partial charge is 0.349 e. The highest BCUT2D eigenvalue weighted by Crippen LogP contribution is 2.25. The Balaban J connectivity index is 1.38. The van der Waals surface area contributed by atoms with Crippen molar-refractivity contribution in [3.05, 3.63) is 0 Å². The Bertz CT molecular complexity index is 596. The highest BCUT2D eigenvalue weighted by molar-refractivity contribution is 4.83. The second-order valence-electron chi connectivity index (χ2n) is 11.2. The van der Waals surface area contributed by atoms with Crippen LogP contribution in [0, 0.1) is 0 Å². The predicted molar refractivity (Wildman–Crippen MR) is 124 cm³/mol. The molecule has 4 saturated heterocycles. The molecule has 2 atom stereocenters. The lowest BCUT2D eigenvalue weighted by molar-refractivity contribution is -0.264. The first-order valence-corrected chi connectivity index (χ1v) is 12.6. The fraction of sp³-hybridized carbons (Fsp3) is 1.00. The molecule has 0 saturated carbocycles. The Morgan fingerprint density at radius 3 is 1.33 bits per heavy atom. The van der Waals surface area contributed by atoms with Crippen molar-refractivity contribution in [3.8, 4) is 0 Å². The molecule has 0 aromatic heterocycles. The van der Waals surface area contributed by atoms with Gasteiger partial charge in [-0.2, -0.15) is 0 Å². The molecule has 4 heterocycles. The van der Waals surface area contributed by atoms with Gasteiger partial charge >= 0.3 is 0 Å². The van der Waals surface area contributed by atoms with Gasteiger partial charge in [0.25, 0.3) is 0 Å². The summed E-state index contributed by atoms with van der Waals surface area (Å²) in [6.45, 7) is 22.4. The van der Waals surface area contributed by atoms with Crippen LogP contribution in [0.3, 0.4) is 0 Å². The molecule has 33 heavy (non-hydrogen) atoms. The van der Waals surface area contributed by atoms with Gasteiger partial charge in [-0.05, 0) is 41.5 Å². The minimum Gasteiger partial charge on any atom is -0.349 e. The van der Waals surface area contributed by atoms with Crippen molar-refractivity contribution < 1.29 is 28.4 Å². The first-order chi connectivity index (χ1) is 15.5. The summed E-state index contributed by atoms with van der Waals surface area (Å²) in [5, 5.41) is 0. The maximum Gasteiger partial charge on any atom is 0.163 e. The van der Waals surface area contributed by atoms with Gasteiger partial charge in [-0.1, -0.05) is 0 Å².